The van der Waals surface area contributed by atoms with E-state index in [-0.39, 0.29) is 0 Å². The van der Waals surface area contributed by atoms with Crippen molar-refractivity contribution in [2.75, 3.05) is 12.4 Å². The van der Waals surface area contributed by atoms with Gasteiger partial charge in [-0.3, -0.25) is 5.32 Å². The highest BCUT2D eigenvalue weighted by Gasteiger charge is 2.23. The lowest BCUT2D eigenvalue weighted by molar-refractivity contribution is 0.0636. The number of hydrogen-bond donors (Lipinski definition) is 2. The summed E-state index contributed by atoms with van der Waals surface area (Å²) in [4.78, 5) is 17.0. The van der Waals surface area contributed by atoms with Crippen LogP contribution in [0, 0.1) is 0 Å². The molecule has 0 saturated heterocycles. The van der Waals surface area contributed by atoms with Crippen LogP contribution < -0.4 is 10.1 Å². The van der Waals surface area contributed by atoms with Crippen molar-refractivity contribution in [3.63, 3.8) is 0 Å². The van der Waals surface area contributed by atoms with Crippen molar-refractivity contribution in [3.8, 4) is 5.75 Å². The van der Waals surface area contributed by atoms with E-state index in [4.69, 9.17) is 9.47 Å². The molecule has 1 amide bonds. The van der Waals surface area contributed by atoms with E-state index in [1.807, 2.05) is 25.1 Å². The summed E-state index contributed by atoms with van der Waals surface area (Å²) in [6.07, 6.45) is -0.811. The van der Waals surface area contributed by atoms with E-state index in [1.165, 1.54) is 11.3 Å². The summed E-state index contributed by atoms with van der Waals surface area (Å²) in [5.74, 6) is 0.604. The largest absolute Gasteiger partial charge is 0.496 e. The van der Waals surface area contributed by atoms with Gasteiger partial charge in [-0.1, -0.05) is 36.5 Å². The van der Waals surface area contributed by atoms with Gasteiger partial charge in [-0.2, -0.15) is 0 Å². The molecule has 2 aromatic rings. The number of hydrogen-bond acceptors (Lipinski definition) is 6. The monoisotopic (exact) mass is 364 g/mol. The molecule has 0 aliphatic heterocycles. The van der Waals surface area contributed by atoms with Gasteiger partial charge in [0.15, 0.2) is 5.13 Å². The number of benzene rings is 1. The highest BCUT2D eigenvalue weighted by molar-refractivity contribution is 7.16. The fourth-order valence-corrected chi connectivity index (χ4v) is 3.35. The molecule has 1 atom stereocenters. The maximum Gasteiger partial charge on any atom is 0.413 e. The third-order valence-corrected chi connectivity index (χ3v) is 4.42. The Bertz CT molecular complexity index is 737. The molecule has 1 aromatic carbocycles. The van der Waals surface area contributed by atoms with Crippen molar-refractivity contribution in [2.24, 2.45) is 0 Å². The molecule has 7 heteroatoms. The predicted octanol–water partition coefficient (Wildman–Crippen LogP) is 4.14. The van der Waals surface area contributed by atoms with Crippen LogP contribution in [-0.4, -0.2) is 28.9 Å². The third kappa shape index (κ3) is 4.93. The van der Waals surface area contributed by atoms with Crippen molar-refractivity contribution in [3.05, 3.63) is 40.4 Å². The minimum absolute atomic E-state index is 0.398. The molecule has 0 fully saturated rings. The second-order valence-electron chi connectivity index (χ2n) is 6.45. The molecule has 0 bridgehead atoms. The van der Waals surface area contributed by atoms with Gasteiger partial charge in [0.2, 0.25) is 0 Å². The molecule has 1 heterocycles. The van der Waals surface area contributed by atoms with E-state index < -0.39 is 17.8 Å². The molecular formula is C18H24N2O4S. The molecule has 25 heavy (non-hydrogen) atoms. The summed E-state index contributed by atoms with van der Waals surface area (Å²) in [7, 11) is 1.56. The van der Waals surface area contributed by atoms with Crippen molar-refractivity contribution < 1.29 is 19.4 Å². The third-order valence-electron chi connectivity index (χ3n) is 3.35. The van der Waals surface area contributed by atoms with Crippen LogP contribution >= 0.6 is 11.3 Å². The summed E-state index contributed by atoms with van der Waals surface area (Å²) < 4.78 is 10.6. The average Bonchev–Trinajstić information content (AvgIpc) is 2.95. The van der Waals surface area contributed by atoms with Crippen LogP contribution in [0.5, 0.6) is 5.75 Å². The second-order valence-corrected chi connectivity index (χ2v) is 7.49. The SMILES string of the molecule is CCc1nc(NC(=O)OC(C)(C)C)sc1C(O)c1ccccc1OC. The summed E-state index contributed by atoms with van der Waals surface area (Å²) >= 11 is 1.23. The molecule has 0 saturated carbocycles. The maximum absolute atomic E-state index is 11.9. The number of aromatic nitrogens is 1. The average molecular weight is 364 g/mol. The van der Waals surface area contributed by atoms with Gasteiger partial charge >= 0.3 is 6.09 Å². The van der Waals surface area contributed by atoms with Gasteiger partial charge in [0, 0.05) is 5.56 Å². The number of anilines is 1. The van der Waals surface area contributed by atoms with Gasteiger partial charge in [0.1, 0.15) is 17.5 Å². The van der Waals surface area contributed by atoms with Crippen molar-refractivity contribution in [1.29, 1.82) is 0 Å². The van der Waals surface area contributed by atoms with Gasteiger partial charge < -0.3 is 14.6 Å². The summed E-state index contributed by atoms with van der Waals surface area (Å²) in [5, 5.41) is 13.8. The van der Waals surface area contributed by atoms with Gasteiger partial charge in [-0.25, -0.2) is 9.78 Å². The number of amides is 1. The first-order valence-corrected chi connectivity index (χ1v) is 8.87. The number of carbonyl (C=O) groups is 1. The molecule has 136 valence electrons. The highest BCUT2D eigenvalue weighted by atomic mass is 32.1. The molecule has 0 spiro atoms. The summed E-state index contributed by atoms with van der Waals surface area (Å²) in [6, 6.07) is 7.29. The minimum atomic E-state index is -0.877. The fourth-order valence-electron chi connectivity index (χ4n) is 2.31. The Morgan fingerprint density at radius 2 is 2.04 bits per heavy atom. The van der Waals surface area contributed by atoms with E-state index in [2.05, 4.69) is 10.3 Å². The number of ether oxygens (including phenoxy) is 2. The maximum atomic E-state index is 11.9. The zero-order valence-electron chi connectivity index (χ0n) is 15.1. The smallest absolute Gasteiger partial charge is 0.413 e. The number of aliphatic hydroxyl groups is 1. The van der Waals surface area contributed by atoms with Crippen LogP contribution in [0.1, 0.15) is 49.9 Å². The molecule has 1 unspecified atom stereocenters. The predicted molar refractivity (Wildman–Crippen MR) is 98.4 cm³/mol. The number of methoxy groups -OCH3 is 1. The first-order valence-electron chi connectivity index (χ1n) is 8.05. The number of para-hydroxylation sites is 1. The fraction of sp³-hybridized carbons (Fsp3) is 0.444. The Labute approximate surface area is 151 Å². The van der Waals surface area contributed by atoms with Gasteiger partial charge in [0.05, 0.1) is 17.7 Å². The number of nitrogens with zero attached hydrogens (tertiary/aromatic N) is 1. The summed E-state index contributed by atoms with van der Waals surface area (Å²) in [6.45, 7) is 7.33. The molecule has 1 aromatic heterocycles. The Morgan fingerprint density at radius 3 is 2.64 bits per heavy atom. The van der Waals surface area contributed by atoms with Gasteiger partial charge in [-0.05, 0) is 33.3 Å². The molecule has 6 nitrogen and oxygen atoms in total. The lowest BCUT2D eigenvalue weighted by atomic mass is 10.1. The topological polar surface area (TPSA) is 80.7 Å². The van der Waals surface area contributed by atoms with Crippen molar-refractivity contribution in [2.45, 2.75) is 45.8 Å². The van der Waals surface area contributed by atoms with E-state index in [1.54, 1.807) is 33.9 Å². The van der Waals surface area contributed by atoms with Crippen LogP contribution in [0.25, 0.3) is 0 Å². The van der Waals surface area contributed by atoms with Crippen LogP contribution in [0.2, 0.25) is 0 Å². The standard InChI is InChI=1S/C18H24N2O4S/c1-6-12-15(14(21)11-9-7-8-10-13(11)23-5)25-16(19-12)20-17(22)24-18(2,3)4/h7-10,14,21H,6H2,1-5H3,(H,19,20,22). The van der Waals surface area contributed by atoms with E-state index in [0.717, 1.165) is 5.69 Å². The molecule has 0 aliphatic rings. The number of rotatable bonds is 5. The zero-order valence-corrected chi connectivity index (χ0v) is 15.9. The minimum Gasteiger partial charge on any atom is -0.496 e. The normalized spacial score (nSPS) is 12.6. The Kier molecular flexibility index (Phi) is 6.02. The molecule has 0 radical (unpaired) electrons. The number of carbonyl (C=O) groups excluding carboxylic acids is 1. The van der Waals surface area contributed by atoms with Crippen molar-refractivity contribution >= 4 is 22.6 Å². The van der Waals surface area contributed by atoms with Crippen LogP contribution in [0.4, 0.5) is 9.93 Å². The van der Waals surface area contributed by atoms with Crippen LogP contribution in [0.3, 0.4) is 0 Å². The molecule has 2 rings (SSSR count). The first-order chi connectivity index (χ1) is 11.7. The lowest BCUT2D eigenvalue weighted by Crippen LogP contribution is -2.27. The summed E-state index contributed by atoms with van der Waals surface area (Å²) in [5.41, 5.74) is 0.802. The van der Waals surface area contributed by atoms with Crippen LogP contribution in [-0.2, 0) is 11.2 Å². The van der Waals surface area contributed by atoms with Crippen LogP contribution in [0.15, 0.2) is 24.3 Å². The first kappa shape index (κ1) is 19.2. The van der Waals surface area contributed by atoms with Crippen molar-refractivity contribution in [1.82, 2.24) is 4.98 Å². The highest BCUT2D eigenvalue weighted by Crippen LogP contribution is 2.36. The zero-order chi connectivity index (χ0) is 18.6. The number of thiazole rings is 1. The Morgan fingerprint density at radius 1 is 1.36 bits per heavy atom. The van der Waals surface area contributed by atoms with E-state index in [0.29, 0.717) is 27.7 Å². The van der Waals surface area contributed by atoms with Gasteiger partial charge in [-0.15, -0.1) is 0 Å². The second kappa shape index (κ2) is 7.84. The quantitative estimate of drug-likeness (QED) is 0.833. The Balaban J connectivity index is 2.27. The Hall–Kier alpha value is -2.12. The van der Waals surface area contributed by atoms with E-state index in [9.17, 15) is 9.90 Å². The van der Waals surface area contributed by atoms with E-state index >= 15 is 0 Å². The molecular weight excluding hydrogens is 340 g/mol. The number of nitrogens with one attached hydrogen (secondary N) is 1. The molecule has 2 N–H and O–H groups in total. The van der Waals surface area contributed by atoms with Gasteiger partial charge in [0.25, 0.3) is 0 Å². The lowest BCUT2D eigenvalue weighted by Gasteiger charge is -2.18. The number of aliphatic hydroxyl groups excluding tert-OH is 1. The number of aryl methyl sites for hydroxylation is 1. The molecule has 0 aliphatic carbocycles.